The molecule has 2 aromatic carbocycles. The smallest absolute Gasteiger partial charge is 0.417 e. The van der Waals surface area contributed by atoms with Crippen LogP contribution in [0.4, 0.5) is 4.79 Å². The van der Waals surface area contributed by atoms with Gasteiger partial charge in [0.15, 0.2) is 6.61 Å². The first-order valence-corrected chi connectivity index (χ1v) is 9.36. The number of carbonyl (C=O) groups is 3. The van der Waals surface area contributed by atoms with Crippen LogP contribution in [0.5, 0.6) is 5.75 Å². The Morgan fingerprint density at radius 2 is 1.96 bits per heavy atom. The van der Waals surface area contributed by atoms with E-state index in [-0.39, 0.29) is 24.3 Å². The molecule has 7 heteroatoms. The minimum Gasteiger partial charge on any atom is -0.496 e. The van der Waals surface area contributed by atoms with Gasteiger partial charge in [-0.15, -0.1) is 0 Å². The summed E-state index contributed by atoms with van der Waals surface area (Å²) >= 11 is 0. The van der Waals surface area contributed by atoms with Gasteiger partial charge in [0, 0.05) is 37.5 Å². The molecular weight excluding hydrogens is 360 g/mol. The van der Waals surface area contributed by atoms with Crippen molar-refractivity contribution in [2.75, 3.05) is 33.4 Å². The SMILES string of the molecule is COc1ccc2ccccc2c1CCC(=O)N1CC(CN2C(=O)COC2=O)C1. The van der Waals surface area contributed by atoms with Gasteiger partial charge in [-0.2, -0.15) is 0 Å². The highest BCUT2D eigenvalue weighted by atomic mass is 16.6. The molecular formula is C21H22N2O5. The molecule has 2 aliphatic heterocycles. The third kappa shape index (κ3) is 3.40. The molecule has 2 saturated heterocycles. The Kier molecular flexibility index (Phi) is 4.90. The lowest BCUT2D eigenvalue weighted by atomic mass is 9.96. The normalized spacial score (nSPS) is 17.0. The summed E-state index contributed by atoms with van der Waals surface area (Å²) in [5.41, 5.74) is 1.04. The van der Waals surface area contributed by atoms with Gasteiger partial charge in [-0.1, -0.05) is 30.3 Å². The fourth-order valence-corrected chi connectivity index (χ4v) is 3.86. The van der Waals surface area contributed by atoms with E-state index in [0.717, 1.165) is 27.0 Å². The molecule has 0 N–H and O–H groups in total. The quantitative estimate of drug-likeness (QED) is 0.766. The molecule has 0 atom stereocenters. The maximum absolute atomic E-state index is 12.6. The predicted octanol–water partition coefficient (Wildman–Crippen LogP) is 2.22. The fraction of sp³-hybridized carbons (Fsp3) is 0.381. The maximum atomic E-state index is 12.6. The number of benzene rings is 2. The van der Waals surface area contributed by atoms with Crippen molar-refractivity contribution in [3.8, 4) is 5.75 Å². The van der Waals surface area contributed by atoms with Gasteiger partial charge < -0.3 is 14.4 Å². The molecule has 0 bridgehead atoms. The number of fused-ring (bicyclic) bond motifs is 1. The van der Waals surface area contributed by atoms with Crippen molar-refractivity contribution in [3.63, 3.8) is 0 Å². The lowest BCUT2D eigenvalue weighted by Gasteiger charge is -2.40. The van der Waals surface area contributed by atoms with Crippen LogP contribution >= 0.6 is 0 Å². The Bertz CT molecular complexity index is 920. The summed E-state index contributed by atoms with van der Waals surface area (Å²) in [7, 11) is 1.64. The number of methoxy groups -OCH3 is 1. The summed E-state index contributed by atoms with van der Waals surface area (Å²) in [6.07, 6.45) is 0.404. The van der Waals surface area contributed by atoms with Crippen molar-refractivity contribution in [1.29, 1.82) is 0 Å². The Morgan fingerprint density at radius 3 is 2.68 bits per heavy atom. The van der Waals surface area contributed by atoms with Gasteiger partial charge in [0.05, 0.1) is 7.11 Å². The molecule has 2 aliphatic rings. The summed E-state index contributed by atoms with van der Waals surface area (Å²) in [6.45, 7) is 1.25. The standard InChI is InChI=1S/C21H22N2O5/c1-27-18-8-6-15-4-2-3-5-16(15)17(18)7-9-19(24)22-10-14(11-22)12-23-20(25)13-28-21(23)26/h2-6,8,14H,7,9-13H2,1H3. The molecule has 0 saturated carbocycles. The third-order valence-corrected chi connectivity index (χ3v) is 5.40. The predicted molar refractivity (Wildman–Crippen MR) is 102 cm³/mol. The van der Waals surface area contributed by atoms with Gasteiger partial charge in [0.1, 0.15) is 5.75 Å². The number of cyclic esters (lactones) is 1. The van der Waals surface area contributed by atoms with Crippen molar-refractivity contribution in [3.05, 3.63) is 42.0 Å². The number of aryl methyl sites for hydroxylation is 1. The van der Waals surface area contributed by atoms with E-state index in [4.69, 9.17) is 9.47 Å². The molecule has 0 aromatic heterocycles. The average Bonchev–Trinajstić information content (AvgIpc) is 2.99. The third-order valence-electron chi connectivity index (χ3n) is 5.40. The van der Waals surface area contributed by atoms with E-state index in [1.807, 2.05) is 36.4 Å². The Morgan fingerprint density at radius 1 is 1.18 bits per heavy atom. The summed E-state index contributed by atoms with van der Waals surface area (Å²) in [6, 6.07) is 12.0. The van der Waals surface area contributed by atoms with Crippen LogP contribution in [0.25, 0.3) is 10.8 Å². The van der Waals surface area contributed by atoms with E-state index >= 15 is 0 Å². The topological polar surface area (TPSA) is 76.2 Å². The maximum Gasteiger partial charge on any atom is 0.417 e. The van der Waals surface area contributed by atoms with Crippen LogP contribution in [0.3, 0.4) is 0 Å². The minimum atomic E-state index is -0.585. The van der Waals surface area contributed by atoms with Crippen molar-refractivity contribution in [1.82, 2.24) is 9.80 Å². The van der Waals surface area contributed by atoms with Crippen molar-refractivity contribution in [2.24, 2.45) is 5.92 Å². The zero-order chi connectivity index (χ0) is 19.7. The highest BCUT2D eigenvalue weighted by Crippen LogP contribution is 2.29. The van der Waals surface area contributed by atoms with Crippen LogP contribution in [0.1, 0.15) is 12.0 Å². The second-order valence-electron chi connectivity index (χ2n) is 7.19. The van der Waals surface area contributed by atoms with Gasteiger partial charge in [-0.05, 0) is 23.3 Å². The number of imide groups is 1. The van der Waals surface area contributed by atoms with Crippen molar-refractivity contribution < 1.29 is 23.9 Å². The molecule has 2 heterocycles. The number of likely N-dealkylation sites (tertiary alicyclic amines) is 1. The zero-order valence-corrected chi connectivity index (χ0v) is 15.7. The molecule has 146 valence electrons. The molecule has 28 heavy (non-hydrogen) atoms. The highest BCUT2D eigenvalue weighted by molar-refractivity contribution is 5.97. The monoisotopic (exact) mass is 382 g/mol. The Balaban J connectivity index is 1.34. The zero-order valence-electron chi connectivity index (χ0n) is 15.7. The number of carbonyl (C=O) groups excluding carboxylic acids is 3. The largest absolute Gasteiger partial charge is 0.496 e. The van der Waals surface area contributed by atoms with Gasteiger partial charge in [-0.25, -0.2) is 9.69 Å². The summed E-state index contributed by atoms with van der Waals surface area (Å²) in [5.74, 6) is 0.670. The van der Waals surface area contributed by atoms with Crippen LogP contribution in [0.2, 0.25) is 0 Å². The first kappa shape index (κ1) is 18.3. The van der Waals surface area contributed by atoms with Crippen molar-refractivity contribution >= 4 is 28.7 Å². The fourth-order valence-electron chi connectivity index (χ4n) is 3.86. The highest BCUT2D eigenvalue weighted by Gasteiger charge is 2.38. The van der Waals surface area contributed by atoms with E-state index in [0.29, 0.717) is 32.5 Å². The van der Waals surface area contributed by atoms with Crippen LogP contribution in [-0.4, -0.2) is 61.1 Å². The summed E-state index contributed by atoms with van der Waals surface area (Å²) < 4.78 is 10.2. The lowest BCUT2D eigenvalue weighted by molar-refractivity contribution is -0.138. The number of ether oxygens (including phenoxy) is 2. The number of hydrogen-bond donors (Lipinski definition) is 0. The molecule has 2 aromatic rings. The molecule has 4 rings (SSSR count). The molecule has 0 spiro atoms. The minimum absolute atomic E-state index is 0.0709. The first-order chi connectivity index (χ1) is 13.6. The first-order valence-electron chi connectivity index (χ1n) is 9.36. The molecule has 0 radical (unpaired) electrons. The number of amides is 3. The molecule has 0 aliphatic carbocycles. The Labute approximate surface area is 162 Å². The second-order valence-corrected chi connectivity index (χ2v) is 7.19. The molecule has 0 unspecified atom stereocenters. The lowest BCUT2D eigenvalue weighted by Crippen LogP contribution is -2.54. The van der Waals surface area contributed by atoms with Crippen LogP contribution in [-0.2, 0) is 20.7 Å². The van der Waals surface area contributed by atoms with E-state index in [9.17, 15) is 14.4 Å². The van der Waals surface area contributed by atoms with Gasteiger partial charge in [0.2, 0.25) is 5.91 Å². The van der Waals surface area contributed by atoms with E-state index in [2.05, 4.69) is 0 Å². The number of nitrogens with zero attached hydrogens (tertiary/aromatic N) is 2. The van der Waals surface area contributed by atoms with Gasteiger partial charge in [0.25, 0.3) is 5.91 Å². The molecule has 2 fully saturated rings. The van der Waals surface area contributed by atoms with Crippen LogP contribution in [0, 0.1) is 5.92 Å². The van der Waals surface area contributed by atoms with Gasteiger partial charge >= 0.3 is 6.09 Å². The van der Waals surface area contributed by atoms with Crippen molar-refractivity contribution in [2.45, 2.75) is 12.8 Å². The van der Waals surface area contributed by atoms with Gasteiger partial charge in [-0.3, -0.25) is 9.59 Å². The average molecular weight is 382 g/mol. The summed E-state index contributed by atoms with van der Waals surface area (Å²) in [5, 5.41) is 2.22. The van der Waals surface area contributed by atoms with E-state index in [1.54, 1.807) is 12.0 Å². The van der Waals surface area contributed by atoms with E-state index in [1.165, 1.54) is 0 Å². The Hall–Kier alpha value is -3.09. The molecule has 3 amide bonds. The second kappa shape index (κ2) is 7.50. The van der Waals surface area contributed by atoms with Crippen LogP contribution in [0.15, 0.2) is 36.4 Å². The summed E-state index contributed by atoms with van der Waals surface area (Å²) in [4.78, 5) is 38.5. The van der Waals surface area contributed by atoms with Crippen LogP contribution < -0.4 is 4.74 Å². The number of rotatable bonds is 6. The molecule has 7 nitrogen and oxygen atoms in total. The number of hydrogen-bond acceptors (Lipinski definition) is 5. The van der Waals surface area contributed by atoms with E-state index < -0.39 is 6.09 Å².